The van der Waals surface area contributed by atoms with Gasteiger partial charge < -0.3 is 19.9 Å². The maximum atomic E-state index is 12.9. The summed E-state index contributed by atoms with van der Waals surface area (Å²) in [4.78, 5) is 8.61. The van der Waals surface area contributed by atoms with E-state index < -0.39 is 0 Å². The van der Waals surface area contributed by atoms with Crippen LogP contribution < -0.4 is 5.32 Å². The van der Waals surface area contributed by atoms with E-state index in [9.17, 15) is 4.39 Å². The van der Waals surface area contributed by atoms with Gasteiger partial charge in [-0.05, 0) is 43.5 Å². The lowest BCUT2D eigenvalue weighted by molar-refractivity contribution is 0.115. The van der Waals surface area contributed by atoms with Crippen molar-refractivity contribution in [3.8, 4) is 0 Å². The maximum absolute atomic E-state index is 12.9. The molecule has 1 aromatic rings. The molecule has 0 amide bonds. The first-order chi connectivity index (χ1) is 12.1. The van der Waals surface area contributed by atoms with Crippen molar-refractivity contribution < 1.29 is 9.13 Å². The van der Waals surface area contributed by atoms with Crippen LogP contribution in [0.2, 0.25) is 0 Å². The summed E-state index contributed by atoms with van der Waals surface area (Å²) in [7, 11) is 5.88. The topological polar surface area (TPSA) is 40.1 Å². The number of hydrogen-bond donors (Lipinski definition) is 1. The van der Waals surface area contributed by atoms with Crippen molar-refractivity contribution >= 4 is 5.96 Å². The Morgan fingerprint density at radius 1 is 1.24 bits per heavy atom. The summed E-state index contributed by atoms with van der Waals surface area (Å²) in [5, 5.41) is 3.38. The highest BCUT2D eigenvalue weighted by atomic mass is 19.1. The molecule has 1 N–H and O–H groups in total. The van der Waals surface area contributed by atoms with Crippen LogP contribution in [0, 0.1) is 11.7 Å². The summed E-state index contributed by atoms with van der Waals surface area (Å²) < 4.78 is 18.6. The van der Waals surface area contributed by atoms with Crippen molar-refractivity contribution in [2.75, 3.05) is 54.0 Å². The SMILES string of the molecule is CN=C(NCCN(C)Cc1ccc(F)cc1)N(C)CCOCC1CC1. The summed E-state index contributed by atoms with van der Waals surface area (Å²) in [6.45, 7) is 4.94. The second-order valence-corrected chi connectivity index (χ2v) is 6.78. The van der Waals surface area contributed by atoms with Crippen molar-refractivity contribution in [3.05, 3.63) is 35.6 Å². The molecular weight excluding hydrogens is 319 g/mol. The van der Waals surface area contributed by atoms with Gasteiger partial charge in [-0.25, -0.2) is 4.39 Å². The molecule has 25 heavy (non-hydrogen) atoms. The molecule has 0 spiro atoms. The van der Waals surface area contributed by atoms with Crippen molar-refractivity contribution in [3.63, 3.8) is 0 Å². The zero-order chi connectivity index (χ0) is 18.1. The van der Waals surface area contributed by atoms with Crippen LogP contribution in [-0.4, -0.2) is 69.8 Å². The van der Waals surface area contributed by atoms with Crippen molar-refractivity contribution in [1.29, 1.82) is 0 Å². The van der Waals surface area contributed by atoms with Crippen LogP contribution in [0.5, 0.6) is 0 Å². The molecule has 1 aliphatic carbocycles. The van der Waals surface area contributed by atoms with Crippen LogP contribution in [0.1, 0.15) is 18.4 Å². The second kappa shape index (κ2) is 10.4. The van der Waals surface area contributed by atoms with Crippen molar-refractivity contribution in [2.24, 2.45) is 10.9 Å². The number of rotatable bonds is 10. The van der Waals surface area contributed by atoms with Gasteiger partial charge in [0.2, 0.25) is 0 Å². The molecule has 6 heteroatoms. The summed E-state index contributed by atoms with van der Waals surface area (Å²) in [6, 6.07) is 6.66. The highest BCUT2D eigenvalue weighted by Crippen LogP contribution is 2.28. The Morgan fingerprint density at radius 2 is 1.96 bits per heavy atom. The van der Waals surface area contributed by atoms with Gasteiger partial charge in [0.1, 0.15) is 5.82 Å². The Bertz CT molecular complexity index is 531. The predicted octanol–water partition coefficient (Wildman–Crippen LogP) is 2.19. The number of nitrogens with one attached hydrogen (secondary N) is 1. The Labute approximate surface area is 150 Å². The van der Waals surface area contributed by atoms with Gasteiger partial charge in [0.15, 0.2) is 5.96 Å². The third kappa shape index (κ3) is 7.84. The van der Waals surface area contributed by atoms with E-state index in [2.05, 4.69) is 27.2 Å². The Morgan fingerprint density at radius 3 is 2.60 bits per heavy atom. The molecule has 1 aliphatic rings. The largest absolute Gasteiger partial charge is 0.379 e. The minimum absolute atomic E-state index is 0.194. The number of aliphatic imine (C=N–C) groups is 1. The molecule has 1 fully saturated rings. The molecule has 0 unspecified atom stereocenters. The second-order valence-electron chi connectivity index (χ2n) is 6.78. The van der Waals surface area contributed by atoms with Crippen LogP contribution in [0.15, 0.2) is 29.3 Å². The first-order valence-corrected chi connectivity index (χ1v) is 9.01. The molecule has 1 saturated carbocycles. The molecule has 0 heterocycles. The molecular formula is C19H31FN4O. The van der Waals surface area contributed by atoms with E-state index in [-0.39, 0.29) is 5.82 Å². The zero-order valence-corrected chi connectivity index (χ0v) is 15.7. The molecule has 5 nitrogen and oxygen atoms in total. The predicted molar refractivity (Wildman–Crippen MR) is 100 cm³/mol. The van der Waals surface area contributed by atoms with Gasteiger partial charge in [0.05, 0.1) is 6.61 Å². The summed E-state index contributed by atoms with van der Waals surface area (Å²) in [5.41, 5.74) is 1.11. The van der Waals surface area contributed by atoms with Crippen molar-refractivity contribution in [1.82, 2.24) is 15.1 Å². The molecule has 0 saturated heterocycles. The number of nitrogens with zero attached hydrogens (tertiary/aromatic N) is 3. The highest BCUT2D eigenvalue weighted by molar-refractivity contribution is 5.79. The molecule has 0 bridgehead atoms. The number of benzene rings is 1. The molecule has 1 aromatic carbocycles. The monoisotopic (exact) mass is 350 g/mol. The first-order valence-electron chi connectivity index (χ1n) is 9.01. The number of likely N-dealkylation sites (N-methyl/N-ethyl adjacent to an activating group) is 2. The van der Waals surface area contributed by atoms with E-state index in [1.165, 1.54) is 25.0 Å². The number of ether oxygens (including phenoxy) is 1. The minimum Gasteiger partial charge on any atom is -0.379 e. The van der Waals surface area contributed by atoms with Crippen LogP contribution in [0.4, 0.5) is 4.39 Å². The molecule has 140 valence electrons. The highest BCUT2D eigenvalue weighted by Gasteiger charge is 2.21. The lowest BCUT2D eigenvalue weighted by Crippen LogP contribution is -2.43. The first kappa shape index (κ1) is 19.7. The number of hydrogen-bond acceptors (Lipinski definition) is 3. The third-order valence-corrected chi connectivity index (χ3v) is 4.34. The van der Waals surface area contributed by atoms with Gasteiger partial charge in [-0.2, -0.15) is 0 Å². The molecule has 0 aromatic heterocycles. The van der Waals surface area contributed by atoms with E-state index in [1.54, 1.807) is 7.05 Å². The fraction of sp³-hybridized carbons (Fsp3) is 0.632. The lowest BCUT2D eigenvalue weighted by atomic mass is 10.2. The van der Waals surface area contributed by atoms with E-state index in [1.807, 2.05) is 19.2 Å². The summed E-state index contributed by atoms with van der Waals surface area (Å²) in [5.74, 6) is 1.49. The van der Waals surface area contributed by atoms with E-state index >= 15 is 0 Å². The average molecular weight is 350 g/mol. The fourth-order valence-corrected chi connectivity index (χ4v) is 2.57. The minimum atomic E-state index is -0.194. The van der Waals surface area contributed by atoms with Gasteiger partial charge in [0.25, 0.3) is 0 Å². The third-order valence-electron chi connectivity index (χ3n) is 4.34. The Balaban J connectivity index is 1.60. The van der Waals surface area contributed by atoms with Crippen LogP contribution in [-0.2, 0) is 11.3 Å². The zero-order valence-electron chi connectivity index (χ0n) is 15.7. The lowest BCUT2D eigenvalue weighted by Gasteiger charge is -2.23. The Hall–Kier alpha value is -1.66. The summed E-state index contributed by atoms with van der Waals surface area (Å²) >= 11 is 0. The van der Waals surface area contributed by atoms with Crippen LogP contribution in [0.25, 0.3) is 0 Å². The van der Waals surface area contributed by atoms with Crippen molar-refractivity contribution in [2.45, 2.75) is 19.4 Å². The molecule has 0 atom stereocenters. The van der Waals surface area contributed by atoms with Gasteiger partial charge in [-0.15, -0.1) is 0 Å². The van der Waals surface area contributed by atoms with E-state index in [0.717, 1.165) is 56.8 Å². The normalized spacial score (nSPS) is 14.8. The van der Waals surface area contributed by atoms with Gasteiger partial charge in [-0.3, -0.25) is 4.99 Å². The molecule has 0 aliphatic heterocycles. The van der Waals surface area contributed by atoms with E-state index in [0.29, 0.717) is 0 Å². The quantitative estimate of drug-likeness (QED) is 0.399. The van der Waals surface area contributed by atoms with Crippen LogP contribution in [0.3, 0.4) is 0 Å². The average Bonchev–Trinajstić information content (AvgIpc) is 3.42. The molecule has 0 radical (unpaired) electrons. The fourth-order valence-electron chi connectivity index (χ4n) is 2.57. The van der Waals surface area contributed by atoms with E-state index in [4.69, 9.17) is 4.74 Å². The maximum Gasteiger partial charge on any atom is 0.193 e. The summed E-state index contributed by atoms with van der Waals surface area (Å²) in [6.07, 6.45) is 2.65. The van der Waals surface area contributed by atoms with Crippen LogP contribution >= 0.6 is 0 Å². The molecule has 2 rings (SSSR count). The van der Waals surface area contributed by atoms with Gasteiger partial charge in [0, 0.05) is 46.9 Å². The van der Waals surface area contributed by atoms with Gasteiger partial charge >= 0.3 is 0 Å². The number of halogens is 1. The smallest absolute Gasteiger partial charge is 0.193 e. The number of guanidine groups is 1. The van der Waals surface area contributed by atoms with Gasteiger partial charge in [-0.1, -0.05) is 12.1 Å². The Kier molecular flexibility index (Phi) is 8.15. The standard InChI is InChI=1S/C19H31FN4O/c1-21-19(24(3)12-13-25-15-17-4-5-17)22-10-11-23(2)14-16-6-8-18(20)9-7-16/h6-9,17H,4-5,10-15H2,1-3H3,(H,21,22).